The maximum Gasteiger partial charge on any atom is 0.253 e. The number of carbonyl (C=O) groups excluding carboxylic acids is 1. The standard InChI is InChI=1S/C18H19ClN2O3S/c1-3-11-20-25(23,24)16-9-6-8-14(12-16)18(22)21(2)13-15-7-4-5-10-17(15)19/h3-10,12,20H,1,11,13H2,2H3. The first-order valence-electron chi connectivity index (χ1n) is 7.54. The Hall–Kier alpha value is -2.15. The van der Waals surface area contributed by atoms with Crippen LogP contribution in [0.2, 0.25) is 5.02 Å². The molecule has 0 aliphatic heterocycles. The highest BCUT2D eigenvalue weighted by molar-refractivity contribution is 7.89. The van der Waals surface area contributed by atoms with Crippen molar-refractivity contribution < 1.29 is 13.2 Å². The molecule has 0 radical (unpaired) electrons. The van der Waals surface area contributed by atoms with Crippen molar-refractivity contribution in [2.75, 3.05) is 13.6 Å². The average Bonchev–Trinajstić information content (AvgIpc) is 2.61. The molecule has 5 nitrogen and oxygen atoms in total. The highest BCUT2D eigenvalue weighted by Gasteiger charge is 2.18. The summed E-state index contributed by atoms with van der Waals surface area (Å²) in [4.78, 5) is 14.1. The molecule has 0 saturated heterocycles. The largest absolute Gasteiger partial charge is 0.337 e. The van der Waals surface area contributed by atoms with E-state index < -0.39 is 10.0 Å². The van der Waals surface area contributed by atoms with Crippen molar-refractivity contribution in [1.29, 1.82) is 0 Å². The second-order valence-corrected chi connectivity index (χ2v) is 7.60. The molecule has 0 bridgehead atoms. The zero-order chi connectivity index (χ0) is 18.4. The summed E-state index contributed by atoms with van der Waals surface area (Å²) in [5.74, 6) is -0.291. The highest BCUT2D eigenvalue weighted by Crippen LogP contribution is 2.18. The van der Waals surface area contributed by atoms with Gasteiger partial charge in [-0.1, -0.05) is 41.9 Å². The van der Waals surface area contributed by atoms with Crippen LogP contribution in [-0.4, -0.2) is 32.8 Å². The van der Waals surface area contributed by atoms with Crippen LogP contribution in [0.5, 0.6) is 0 Å². The van der Waals surface area contributed by atoms with Crippen LogP contribution in [-0.2, 0) is 16.6 Å². The molecule has 0 atom stereocenters. The van der Waals surface area contributed by atoms with Crippen LogP contribution >= 0.6 is 11.6 Å². The lowest BCUT2D eigenvalue weighted by atomic mass is 10.1. The van der Waals surface area contributed by atoms with Crippen molar-refractivity contribution in [3.05, 3.63) is 77.3 Å². The predicted molar refractivity (Wildman–Crippen MR) is 99.1 cm³/mol. The fraction of sp³-hybridized carbons (Fsp3) is 0.167. The molecule has 1 amide bonds. The normalized spacial score (nSPS) is 11.1. The number of hydrogen-bond acceptors (Lipinski definition) is 3. The number of amides is 1. The molecule has 0 aromatic heterocycles. The zero-order valence-corrected chi connectivity index (χ0v) is 15.3. The van der Waals surface area contributed by atoms with Crippen LogP contribution in [0.25, 0.3) is 0 Å². The van der Waals surface area contributed by atoms with E-state index in [-0.39, 0.29) is 22.9 Å². The quantitative estimate of drug-likeness (QED) is 0.753. The zero-order valence-electron chi connectivity index (χ0n) is 13.8. The van der Waals surface area contributed by atoms with Crippen LogP contribution in [0.3, 0.4) is 0 Å². The van der Waals surface area contributed by atoms with Crippen molar-refractivity contribution in [3.8, 4) is 0 Å². The minimum Gasteiger partial charge on any atom is -0.337 e. The number of hydrogen-bond donors (Lipinski definition) is 1. The molecule has 2 rings (SSSR count). The van der Waals surface area contributed by atoms with E-state index in [1.54, 1.807) is 25.2 Å². The van der Waals surface area contributed by atoms with Gasteiger partial charge in [-0.3, -0.25) is 4.79 Å². The monoisotopic (exact) mass is 378 g/mol. The maximum absolute atomic E-state index is 12.6. The summed E-state index contributed by atoms with van der Waals surface area (Å²) in [6.45, 7) is 3.92. The number of nitrogens with zero attached hydrogens (tertiary/aromatic N) is 1. The lowest BCUT2D eigenvalue weighted by molar-refractivity contribution is 0.0785. The Bertz CT molecular complexity index is 881. The SMILES string of the molecule is C=CCNS(=O)(=O)c1cccc(C(=O)N(C)Cc2ccccc2Cl)c1. The van der Waals surface area contributed by atoms with E-state index in [4.69, 9.17) is 11.6 Å². The first-order valence-corrected chi connectivity index (χ1v) is 9.41. The Morgan fingerprint density at radius 3 is 2.64 bits per heavy atom. The number of rotatable bonds is 7. The molecule has 1 N–H and O–H groups in total. The van der Waals surface area contributed by atoms with E-state index in [0.717, 1.165) is 5.56 Å². The number of halogens is 1. The molecule has 0 aliphatic carbocycles. The Morgan fingerprint density at radius 1 is 1.24 bits per heavy atom. The van der Waals surface area contributed by atoms with E-state index in [1.807, 2.05) is 18.2 Å². The smallest absolute Gasteiger partial charge is 0.253 e. The van der Waals surface area contributed by atoms with Gasteiger partial charge in [0.2, 0.25) is 10.0 Å². The lowest BCUT2D eigenvalue weighted by Crippen LogP contribution is -2.27. The number of benzene rings is 2. The molecule has 0 saturated carbocycles. The number of sulfonamides is 1. The highest BCUT2D eigenvalue weighted by atomic mass is 35.5. The van der Waals surface area contributed by atoms with Crippen LogP contribution in [0.15, 0.2) is 66.1 Å². The molecule has 2 aromatic carbocycles. The summed E-state index contributed by atoms with van der Waals surface area (Å²) < 4.78 is 26.7. The Labute approximate surface area is 153 Å². The summed E-state index contributed by atoms with van der Waals surface area (Å²) in [6, 6.07) is 13.2. The van der Waals surface area contributed by atoms with E-state index in [2.05, 4.69) is 11.3 Å². The molecule has 25 heavy (non-hydrogen) atoms. The van der Waals surface area contributed by atoms with E-state index in [9.17, 15) is 13.2 Å². The van der Waals surface area contributed by atoms with Crippen LogP contribution in [0.1, 0.15) is 15.9 Å². The summed E-state index contributed by atoms with van der Waals surface area (Å²) in [6.07, 6.45) is 1.45. The van der Waals surface area contributed by atoms with Gasteiger partial charge in [0.15, 0.2) is 0 Å². The number of carbonyl (C=O) groups is 1. The van der Waals surface area contributed by atoms with Gasteiger partial charge >= 0.3 is 0 Å². The Balaban J connectivity index is 2.21. The van der Waals surface area contributed by atoms with Gasteiger partial charge in [0, 0.05) is 30.7 Å². The van der Waals surface area contributed by atoms with Gasteiger partial charge in [0.1, 0.15) is 0 Å². The Morgan fingerprint density at radius 2 is 1.96 bits per heavy atom. The summed E-state index contributed by atoms with van der Waals surface area (Å²) >= 11 is 6.12. The number of nitrogens with one attached hydrogen (secondary N) is 1. The van der Waals surface area contributed by atoms with Crippen molar-refractivity contribution >= 4 is 27.5 Å². The van der Waals surface area contributed by atoms with Gasteiger partial charge in [0.25, 0.3) is 5.91 Å². The van der Waals surface area contributed by atoms with E-state index in [1.165, 1.54) is 23.1 Å². The van der Waals surface area contributed by atoms with Crippen LogP contribution < -0.4 is 4.72 Å². The third-order valence-corrected chi connectivity index (χ3v) is 5.31. The third-order valence-electron chi connectivity index (χ3n) is 3.52. The summed E-state index contributed by atoms with van der Waals surface area (Å²) in [5.41, 5.74) is 1.10. The molecule has 132 valence electrons. The first-order chi connectivity index (χ1) is 11.8. The summed E-state index contributed by atoms with van der Waals surface area (Å²) in [5, 5.41) is 0.576. The lowest BCUT2D eigenvalue weighted by Gasteiger charge is -2.18. The molecular weight excluding hydrogens is 360 g/mol. The minimum atomic E-state index is -3.68. The third kappa shape index (κ3) is 4.92. The second-order valence-electron chi connectivity index (χ2n) is 5.42. The predicted octanol–water partition coefficient (Wildman–Crippen LogP) is 3.08. The minimum absolute atomic E-state index is 0.0337. The van der Waals surface area contributed by atoms with Crippen LogP contribution in [0.4, 0.5) is 0 Å². The average molecular weight is 379 g/mol. The van der Waals surface area contributed by atoms with Crippen molar-refractivity contribution in [2.45, 2.75) is 11.4 Å². The fourth-order valence-electron chi connectivity index (χ4n) is 2.22. The molecule has 0 spiro atoms. The molecule has 0 aliphatic rings. The van der Waals surface area contributed by atoms with E-state index in [0.29, 0.717) is 11.6 Å². The molecule has 0 heterocycles. The van der Waals surface area contributed by atoms with Gasteiger partial charge < -0.3 is 4.90 Å². The fourth-order valence-corrected chi connectivity index (χ4v) is 3.46. The second kappa shape index (κ2) is 8.29. The van der Waals surface area contributed by atoms with Gasteiger partial charge in [-0.15, -0.1) is 6.58 Å². The van der Waals surface area contributed by atoms with Gasteiger partial charge in [-0.05, 0) is 29.8 Å². The van der Waals surface area contributed by atoms with Crippen LogP contribution in [0, 0.1) is 0 Å². The molecule has 0 unspecified atom stereocenters. The van der Waals surface area contributed by atoms with Crippen molar-refractivity contribution in [1.82, 2.24) is 9.62 Å². The molecule has 2 aromatic rings. The maximum atomic E-state index is 12.6. The summed E-state index contributed by atoms with van der Waals surface area (Å²) in [7, 11) is -2.04. The first kappa shape index (κ1) is 19.2. The molecule has 7 heteroatoms. The van der Waals surface area contributed by atoms with Crippen molar-refractivity contribution in [3.63, 3.8) is 0 Å². The molecule has 0 fully saturated rings. The van der Waals surface area contributed by atoms with Gasteiger partial charge in [-0.2, -0.15) is 0 Å². The van der Waals surface area contributed by atoms with Gasteiger partial charge in [0.05, 0.1) is 4.90 Å². The molecular formula is C18H19ClN2O3S. The van der Waals surface area contributed by atoms with Gasteiger partial charge in [-0.25, -0.2) is 13.1 Å². The Kier molecular flexibility index (Phi) is 6.36. The van der Waals surface area contributed by atoms with E-state index >= 15 is 0 Å². The van der Waals surface area contributed by atoms with Crippen molar-refractivity contribution in [2.24, 2.45) is 0 Å². The topological polar surface area (TPSA) is 66.5 Å².